The van der Waals surface area contributed by atoms with Crippen LogP contribution in [0.15, 0.2) is 97.7 Å². The van der Waals surface area contributed by atoms with Crippen LogP contribution < -0.4 is 4.74 Å². The van der Waals surface area contributed by atoms with Gasteiger partial charge in [0, 0.05) is 39.6 Å². The average Bonchev–Trinajstić information content (AvgIpc) is 3.34. The van der Waals surface area contributed by atoms with Gasteiger partial charge in [-0.05, 0) is 41.3 Å². The zero-order valence-corrected chi connectivity index (χ0v) is 18.5. The summed E-state index contributed by atoms with van der Waals surface area (Å²) in [6, 6.07) is 23.6. The molecule has 158 valence electrons. The number of hydrogen-bond donors (Lipinski definition) is 0. The fraction of sp³-hybridized carbons (Fsp3) is 0.0769. The third kappa shape index (κ3) is 4.07. The molecule has 4 nitrogen and oxygen atoms in total. The van der Waals surface area contributed by atoms with E-state index in [0.717, 1.165) is 33.3 Å². The van der Waals surface area contributed by atoms with Crippen molar-refractivity contribution in [2.75, 3.05) is 0 Å². The Morgan fingerprint density at radius 3 is 2.38 bits per heavy atom. The number of halogens is 2. The molecule has 0 bridgehead atoms. The summed E-state index contributed by atoms with van der Waals surface area (Å²) in [6.45, 7) is 0.299. The molecule has 5 aromatic rings. The van der Waals surface area contributed by atoms with Gasteiger partial charge in [-0.15, -0.1) is 0 Å². The fourth-order valence-electron chi connectivity index (χ4n) is 3.83. The van der Waals surface area contributed by atoms with Gasteiger partial charge in [0.2, 0.25) is 0 Å². The maximum Gasteiger partial charge on any atom is 0.119 e. The predicted octanol–water partition coefficient (Wildman–Crippen LogP) is 6.95. The molecule has 32 heavy (non-hydrogen) atoms. The quantitative estimate of drug-likeness (QED) is 0.275. The minimum absolute atomic E-state index is 0.115. The third-order valence-electron chi connectivity index (χ3n) is 5.43. The van der Waals surface area contributed by atoms with E-state index in [4.69, 9.17) is 32.9 Å². The molecule has 2 heterocycles. The number of aromatic nitrogens is 3. The molecular formula is C26H19Cl2N3O. The summed E-state index contributed by atoms with van der Waals surface area (Å²) in [7, 11) is 0. The topological polar surface area (TPSA) is 39.9 Å². The molecule has 0 spiro atoms. The molecule has 3 aromatic carbocycles. The lowest BCUT2D eigenvalue weighted by Crippen LogP contribution is -2.13. The highest BCUT2D eigenvalue weighted by Crippen LogP contribution is 2.32. The number of ether oxygens (including phenoxy) is 1. The number of nitrogens with zero attached hydrogens (tertiary/aromatic N) is 3. The van der Waals surface area contributed by atoms with Gasteiger partial charge in [-0.25, -0.2) is 4.98 Å². The minimum Gasteiger partial charge on any atom is -0.489 e. The number of imidazole rings is 1. The smallest absolute Gasteiger partial charge is 0.119 e. The highest BCUT2D eigenvalue weighted by molar-refractivity contribution is 6.35. The van der Waals surface area contributed by atoms with Crippen molar-refractivity contribution in [2.45, 2.75) is 12.6 Å². The van der Waals surface area contributed by atoms with Gasteiger partial charge >= 0.3 is 0 Å². The molecule has 0 saturated heterocycles. The molecule has 0 N–H and O–H groups in total. The molecule has 1 atom stereocenters. The van der Waals surface area contributed by atoms with Crippen LogP contribution in [0.4, 0.5) is 0 Å². The maximum absolute atomic E-state index is 6.26. The molecule has 0 aliphatic heterocycles. The molecule has 0 saturated carbocycles. The van der Waals surface area contributed by atoms with E-state index in [1.807, 2.05) is 67.3 Å². The molecule has 0 fully saturated rings. The minimum atomic E-state index is -0.115. The van der Waals surface area contributed by atoms with Crippen LogP contribution >= 0.6 is 23.2 Å². The molecule has 0 aliphatic rings. The van der Waals surface area contributed by atoms with E-state index in [0.29, 0.717) is 16.7 Å². The fourth-order valence-corrected chi connectivity index (χ4v) is 4.33. The Morgan fingerprint density at radius 2 is 1.62 bits per heavy atom. The first-order valence-electron chi connectivity index (χ1n) is 10.2. The Labute approximate surface area is 196 Å². The lowest BCUT2D eigenvalue weighted by molar-refractivity contribution is 0.306. The van der Waals surface area contributed by atoms with Crippen molar-refractivity contribution >= 4 is 34.0 Å². The van der Waals surface area contributed by atoms with Crippen LogP contribution in [-0.2, 0) is 6.61 Å². The standard InChI is InChI=1S/C26H19Cl2N3O/c27-23-6-3-7-24(28)22(23)16-32-20-10-8-19(9-11-20)26(31-15-14-29-17-31)25-21-5-2-1-4-18(21)12-13-30-25/h1-15,17,26H,16H2. The van der Waals surface area contributed by atoms with Crippen molar-refractivity contribution in [3.05, 3.63) is 125 Å². The number of benzene rings is 3. The monoisotopic (exact) mass is 459 g/mol. The summed E-state index contributed by atoms with van der Waals surface area (Å²) >= 11 is 12.5. The van der Waals surface area contributed by atoms with Crippen molar-refractivity contribution in [3.63, 3.8) is 0 Å². The Balaban J connectivity index is 1.47. The van der Waals surface area contributed by atoms with E-state index in [1.165, 1.54) is 0 Å². The first kappa shape index (κ1) is 20.6. The van der Waals surface area contributed by atoms with Crippen molar-refractivity contribution in [2.24, 2.45) is 0 Å². The molecular weight excluding hydrogens is 441 g/mol. The van der Waals surface area contributed by atoms with Crippen LogP contribution in [0.25, 0.3) is 10.8 Å². The number of rotatable bonds is 6. The van der Waals surface area contributed by atoms with Gasteiger partial charge in [-0.3, -0.25) is 4.98 Å². The molecule has 0 amide bonds. The van der Waals surface area contributed by atoms with Gasteiger partial charge < -0.3 is 9.30 Å². The Bertz CT molecular complexity index is 1330. The van der Waals surface area contributed by atoms with Gasteiger partial charge in [0.15, 0.2) is 0 Å². The normalized spacial score (nSPS) is 12.1. The lowest BCUT2D eigenvalue weighted by Gasteiger charge is -2.21. The predicted molar refractivity (Wildman–Crippen MR) is 128 cm³/mol. The Kier molecular flexibility index (Phi) is 5.80. The van der Waals surface area contributed by atoms with E-state index in [-0.39, 0.29) is 6.04 Å². The van der Waals surface area contributed by atoms with Gasteiger partial charge in [0.1, 0.15) is 18.4 Å². The summed E-state index contributed by atoms with van der Waals surface area (Å²) in [5, 5.41) is 3.45. The highest BCUT2D eigenvalue weighted by Gasteiger charge is 2.20. The zero-order valence-electron chi connectivity index (χ0n) is 17.0. The van der Waals surface area contributed by atoms with Crippen LogP contribution in [0.3, 0.4) is 0 Å². The van der Waals surface area contributed by atoms with Crippen molar-refractivity contribution in [1.29, 1.82) is 0 Å². The third-order valence-corrected chi connectivity index (χ3v) is 6.14. The highest BCUT2D eigenvalue weighted by atomic mass is 35.5. The van der Waals surface area contributed by atoms with Crippen LogP contribution in [0.1, 0.15) is 22.9 Å². The molecule has 6 heteroatoms. The zero-order chi connectivity index (χ0) is 21.9. The second-order valence-electron chi connectivity index (χ2n) is 7.39. The first-order chi connectivity index (χ1) is 15.7. The van der Waals surface area contributed by atoms with Gasteiger partial charge in [-0.1, -0.05) is 65.7 Å². The van der Waals surface area contributed by atoms with E-state index in [2.05, 4.69) is 33.8 Å². The number of pyridine rings is 1. The van der Waals surface area contributed by atoms with Crippen LogP contribution in [0, 0.1) is 0 Å². The Hall–Kier alpha value is -3.34. The van der Waals surface area contributed by atoms with Crippen molar-refractivity contribution < 1.29 is 4.74 Å². The van der Waals surface area contributed by atoms with E-state index < -0.39 is 0 Å². The summed E-state index contributed by atoms with van der Waals surface area (Å²) in [4.78, 5) is 9.00. The number of hydrogen-bond acceptors (Lipinski definition) is 3. The lowest BCUT2D eigenvalue weighted by atomic mass is 9.98. The van der Waals surface area contributed by atoms with Gasteiger partial charge in [-0.2, -0.15) is 0 Å². The number of fused-ring (bicyclic) bond motifs is 1. The first-order valence-corrected chi connectivity index (χ1v) is 10.9. The molecule has 5 rings (SSSR count). The van der Waals surface area contributed by atoms with E-state index in [1.54, 1.807) is 6.20 Å². The SMILES string of the molecule is Clc1cccc(Cl)c1COc1ccc(C(c2nccc3ccccc23)n2ccnc2)cc1. The largest absolute Gasteiger partial charge is 0.489 e. The Morgan fingerprint density at radius 1 is 0.844 bits per heavy atom. The second kappa shape index (κ2) is 9.03. The second-order valence-corrected chi connectivity index (χ2v) is 8.20. The van der Waals surface area contributed by atoms with E-state index >= 15 is 0 Å². The molecule has 0 radical (unpaired) electrons. The summed E-state index contributed by atoms with van der Waals surface area (Å²) in [5.74, 6) is 0.736. The van der Waals surface area contributed by atoms with Crippen LogP contribution in [0.2, 0.25) is 10.0 Å². The van der Waals surface area contributed by atoms with E-state index in [9.17, 15) is 0 Å². The van der Waals surface area contributed by atoms with Crippen molar-refractivity contribution in [1.82, 2.24) is 14.5 Å². The molecule has 0 aliphatic carbocycles. The summed E-state index contributed by atoms with van der Waals surface area (Å²) < 4.78 is 8.02. The summed E-state index contributed by atoms with van der Waals surface area (Å²) in [5.41, 5.74) is 2.82. The van der Waals surface area contributed by atoms with Crippen LogP contribution in [-0.4, -0.2) is 14.5 Å². The summed E-state index contributed by atoms with van der Waals surface area (Å²) in [6.07, 6.45) is 7.41. The average molecular weight is 460 g/mol. The maximum atomic E-state index is 6.26. The van der Waals surface area contributed by atoms with Crippen LogP contribution in [0.5, 0.6) is 5.75 Å². The van der Waals surface area contributed by atoms with Gasteiger partial charge in [0.05, 0.1) is 12.0 Å². The van der Waals surface area contributed by atoms with Gasteiger partial charge in [0.25, 0.3) is 0 Å². The molecule has 1 unspecified atom stereocenters. The molecule has 2 aromatic heterocycles. The van der Waals surface area contributed by atoms with Crippen molar-refractivity contribution in [3.8, 4) is 5.75 Å².